The lowest BCUT2D eigenvalue weighted by molar-refractivity contribution is -0.138. The molecule has 1 aromatic carbocycles. The maximum atomic E-state index is 11.2. The van der Waals surface area contributed by atoms with E-state index in [1.54, 1.807) is 6.92 Å². The smallest absolute Gasteiger partial charge is 0.335 e. The van der Waals surface area contributed by atoms with Crippen molar-refractivity contribution in [3.05, 3.63) is 48.0 Å². The topological polar surface area (TPSA) is 55.8 Å². The molecule has 0 amide bonds. The van der Waals surface area contributed by atoms with E-state index >= 15 is 0 Å². The monoisotopic (exact) mass is 250 g/mol. The van der Waals surface area contributed by atoms with Gasteiger partial charge in [0.15, 0.2) is 0 Å². The summed E-state index contributed by atoms with van der Waals surface area (Å²) in [6, 6.07) is 9.59. The van der Waals surface area contributed by atoms with Gasteiger partial charge in [0.2, 0.25) is 0 Å². The average Bonchev–Trinajstić information content (AvgIpc) is 2.43. The number of hydrogen-bond acceptors (Lipinski definition) is 4. The van der Waals surface area contributed by atoms with E-state index in [0.717, 1.165) is 5.56 Å². The molecule has 0 saturated heterocycles. The number of ether oxygens (including phenoxy) is 2. The number of rotatable bonds is 6. The Morgan fingerprint density at radius 3 is 2.56 bits per heavy atom. The first-order chi connectivity index (χ1) is 8.56. The van der Waals surface area contributed by atoms with Gasteiger partial charge in [-0.25, -0.2) is 4.79 Å². The van der Waals surface area contributed by atoms with Gasteiger partial charge < -0.3 is 14.6 Å². The minimum atomic E-state index is -1.07. The average molecular weight is 250 g/mol. The molecule has 0 heterocycles. The van der Waals surface area contributed by atoms with Crippen LogP contribution in [0.25, 0.3) is 0 Å². The predicted octanol–water partition coefficient (Wildman–Crippen LogP) is 1.68. The third kappa shape index (κ3) is 3.98. The highest BCUT2D eigenvalue weighted by Gasteiger charge is 2.23. The number of carbonyl (C=O) groups is 1. The summed E-state index contributed by atoms with van der Waals surface area (Å²) in [6.45, 7) is 5.55. The van der Waals surface area contributed by atoms with E-state index in [0.29, 0.717) is 6.61 Å². The Morgan fingerprint density at radius 1 is 1.39 bits per heavy atom. The first-order valence-corrected chi connectivity index (χ1v) is 5.67. The fourth-order valence-electron chi connectivity index (χ4n) is 1.43. The third-order valence-corrected chi connectivity index (χ3v) is 2.60. The highest BCUT2D eigenvalue weighted by molar-refractivity contribution is 5.88. The van der Waals surface area contributed by atoms with Crippen molar-refractivity contribution in [2.75, 3.05) is 7.11 Å². The van der Waals surface area contributed by atoms with Crippen LogP contribution in [-0.4, -0.2) is 30.4 Å². The molecule has 1 rings (SSSR count). The van der Waals surface area contributed by atoms with E-state index in [4.69, 9.17) is 4.74 Å². The van der Waals surface area contributed by atoms with Crippen LogP contribution in [0.2, 0.25) is 0 Å². The molecule has 1 aromatic rings. The van der Waals surface area contributed by atoms with Crippen LogP contribution >= 0.6 is 0 Å². The Labute approximate surface area is 107 Å². The minimum absolute atomic E-state index is 0.00179. The standard InChI is InChI=1S/C14H18O4/c1-10(14(16)17-3)13(15)11(2)18-9-12-7-5-4-6-8-12/h4-8,11,13,15H,1,9H2,2-3H3/t11-,13-/m0/s1. The molecule has 0 bridgehead atoms. The number of hydrogen-bond donors (Lipinski definition) is 1. The molecular weight excluding hydrogens is 232 g/mol. The third-order valence-electron chi connectivity index (χ3n) is 2.60. The Morgan fingerprint density at radius 2 is 2.00 bits per heavy atom. The molecule has 0 aliphatic rings. The van der Waals surface area contributed by atoms with E-state index < -0.39 is 18.2 Å². The van der Waals surface area contributed by atoms with Crippen molar-refractivity contribution in [2.24, 2.45) is 0 Å². The lowest BCUT2D eigenvalue weighted by Crippen LogP contribution is -2.31. The Kier molecular flexibility index (Phi) is 5.55. The van der Waals surface area contributed by atoms with Crippen molar-refractivity contribution >= 4 is 5.97 Å². The van der Waals surface area contributed by atoms with Gasteiger partial charge in [0.25, 0.3) is 0 Å². The molecule has 0 aromatic heterocycles. The molecule has 2 atom stereocenters. The van der Waals surface area contributed by atoms with Crippen LogP contribution in [0.5, 0.6) is 0 Å². The molecule has 4 nitrogen and oxygen atoms in total. The summed E-state index contributed by atoms with van der Waals surface area (Å²) in [6.07, 6.45) is -1.60. The van der Waals surface area contributed by atoms with Gasteiger partial charge in [-0.2, -0.15) is 0 Å². The second-order valence-corrected chi connectivity index (χ2v) is 3.96. The van der Waals surface area contributed by atoms with Gasteiger partial charge in [-0.1, -0.05) is 36.9 Å². The molecule has 4 heteroatoms. The zero-order valence-corrected chi connectivity index (χ0v) is 10.6. The van der Waals surface area contributed by atoms with Gasteiger partial charge >= 0.3 is 5.97 Å². The SMILES string of the molecule is C=C(C(=O)OC)[C@H](O)[C@H](C)OCc1ccccc1. The van der Waals surface area contributed by atoms with E-state index in [9.17, 15) is 9.90 Å². The molecule has 0 unspecified atom stereocenters. The fraction of sp³-hybridized carbons (Fsp3) is 0.357. The van der Waals surface area contributed by atoms with Crippen molar-refractivity contribution < 1.29 is 19.4 Å². The fourth-order valence-corrected chi connectivity index (χ4v) is 1.43. The Balaban J connectivity index is 2.48. The zero-order chi connectivity index (χ0) is 13.5. The van der Waals surface area contributed by atoms with Crippen molar-refractivity contribution in [3.63, 3.8) is 0 Å². The van der Waals surface area contributed by atoms with E-state index in [1.165, 1.54) is 7.11 Å². The quantitative estimate of drug-likeness (QED) is 0.616. The Bertz CT molecular complexity index is 400. The van der Waals surface area contributed by atoms with Crippen LogP contribution in [0, 0.1) is 0 Å². The second kappa shape index (κ2) is 6.93. The number of methoxy groups -OCH3 is 1. The van der Waals surface area contributed by atoms with Gasteiger partial charge in [-0.15, -0.1) is 0 Å². The molecule has 0 saturated carbocycles. The van der Waals surface area contributed by atoms with Crippen LogP contribution in [0.4, 0.5) is 0 Å². The molecule has 0 aliphatic carbocycles. The van der Waals surface area contributed by atoms with Crippen LogP contribution in [0.15, 0.2) is 42.5 Å². The van der Waals surface area contributed by atoms with Crippen LogP contribution in [0.1, 0.15) is 12.5 Å². The molecular formula is C14H18O4. The first-order valence-electron chi connectivity index (χ1n) is 5.67. The number of esters is 1. The molecule has 0 spiro atoms. The summed E-state index contributed by atoms with van der Waals surface area (Å²) in [5, 5.41) is 9.84. The highest BCUT2D eigenvalue weighted by Crippen LogP contribution is 2.12. The van der Waals surface area contributed by atoms with E-state index in [2.05, 4.69) is 11.3 Å². The highest BCUT2D eigenvalue weighted by atomic mass is 16.5. The lowest BCUT2D eigenvalue weighted by atomic mass is 10.1. The second-order valence-electron chi connectivity index (χ2n) is 3.96. The summed E-state index contributed by atoms with van der Waals surface area (Å²) in [5.74, 6) is -0.627. The maximum Gasteiger partial charge on any atom is 0.335 e. The van der Waals surface area contributed by atoms with Gasteiger partial charge in [0.05, 0.1) is 25.4 Å². The summed E-state index contributed by atoms with van der Waals surface area (Å²) in [7, 11) is 1.25. The Hall–Kier alpha value is -1.65. The lowest BCUT2D eigenvalue weighted by Gasteiger charge is -2.20. The number of carbonyl (C=O) groups excluding carboxylic acids is 1. The van der Waals surface area contributed by atoms with Crippen LogP contribution in [-0.2, 0) is 20.9 Å². The molecule has 18 heavy (non-hydrogen) atoms. The zero-order valence-electron chi connectivity index (χ0n) is 10.6. The molecule has 1 N–H and O–H groups in total. The summed E-state index contributed by atoms with van der Waals surface area (Å²) >= 11 is 0. The first kappa shape index (κ1) is 14.4. The number of aliphatic hydroxyl groups is 1. The van der Waals surface area contributed by atoms with Gasteiger partial charge in [-0.3, -0.25) is 0 Å². The van der Waals surface area contributed by atoms with Crippen molar-refractivity contribution in [1.82, 2.24) is 0 Å². The molecule has 0 fully saturated rings. The van der Waals surface area contributed by atoms with Gasteiger partial charge in [0, 0.05) is 0 Å². The van der Waals surface area contributed by atoms with E-state index in [1.807, 2.05) is 30.3 Å². The minimum Gasteiger partial charge on any atom is -0.466 e. The number of aliphatic hydroxyl groups excluding tert-OH is 1. The maximum absolute atomic E-state index is 11.2. The molecule has 98 valence electrons. The van der Waals surface area contributed by atoms with Gasteiger partial charge in [0.1, 0.15) is 6.10 Å². The van der Waals surface area contributed by atoms with Gasteiger partial charge in [-0.05, 0) is 12.5 Å². The number of benzene rings is 1. The predicted molar refractivity (Wildman–Crippen MR) is 67.9 cm³/mol. The molecule has 0 radical (unpaired) electrons. The van der Waals surface area contributed by atoms with Crippen LogP contribution in [0.3, 0.4) is 0 Å². The van der Waals surface area contributed by atoms with Crippen LogP contribution < -0.4 is 0 Å². The summed E-state index contributed by atoms with van der Waals surface area (Å²) < 4.78 is 9.98. The molecule has 0 aliphatic heterocycles. The summed E-state index contributed by atoms with van der Waals surface area (Å²) in [5.41, 5.74) is 0.998. The van der Waals surface area contributed by atoms with E-state index in [-0.39, 0.29) is 5.57 Å². The normalized spacial score (nSPS) is 13.7. The largest absolute Gasteiger partial charge is 0.466 e. The summed E-state index contributed by atoms with van der Waals surface area (Å²) in [4.78, 5) is 11.2. The van der Waals surface area contributed by atoms with Crippen molar-refractivity contribution in [2.45, 2.75) is 25.7 Å². The van der Waals surface area contributed by atoms with Crippen molar-refractivity contribution in [3.8, 4) is 0 Å². The van der Waals surface area contributed by atoms with Crippen molar-refractivity contribution in [1.29, 1.82) is 0 Å².